The second kappa shape index (κ2) is 8.64. The van der Waals surface area contributed by atoms with Crippen molar-refractivity contribution in [1.82, 2.24) is 15.0 Å². The number of aromatic nitrogens is 1. The van der Waals surface area contributed by atoms with Gasteiger partial charge < -0.3 is 9.63 Å². The quantitative estimate of drug-likeness (QED) is 0.759. The average Bonchev–Trinajstić information content (AvgIpc) is 3.02. The fourth-order valence-corrected chi connectivity index (χ4v) is 3.18. The molecule has 8 heteroatoms. The fourth-order valence-electron chi connectivity index (χ4n) is 3.18. The summed E-state index contributed by atoms with van der Waals surface area (Å²) in [5.41, 5.74) is 0.668. The number of amides is 1. The Morgan fingerprint density at radius 3 is 2.54 bits per heavy atom. The van der Waals surface area contributed by atoms with Crippen LogP contribution in [0.4, 0.5) is 5.88 Å². The summed E-state index contributed by atoms with van der Waals surface area (Å²) in [5.74, 6) is -0.554. The van der Waals surface area contributed by atoms with Crippen LogP contribution in [0.3, 0.4) is 0 Å². The number of piperidine rings is 1. The van der Waals surface area contributed by atoms with E-state index >= 15 is 0 Å². The number of carbonyl (C=O) groups excluding carboxylic acids is 1. The van der Waals surface area contributed by atoms with Crippen molar-refractivity contribution in [2.75, 3.05) is 38.0 Å². The largest absolute Gasteiger partial charge is 0.480 e. The number of hydrogen-bond donors (Lipinski definition) is 2. The molecule has 1 aromatic heterocycles. The molecule has 2 heterocycles. The number of anilines is 1. The number of rotatable bonds is 7. The lowest BCUT2D eigenvalue weighted by Crippen LogP contribution is -2.48. The van der Waals surface area contributed by atoms with Gasteiger partial charge in [0.25, 0.3) is 0 Å². The maximum Gasteiger partial charge on any atom is 0.317 e. The van der Waals surface area contributed by atoms with Gasteiger partial charge in [0.05, 0.1) is 18.8 Å². The first-order valence-corrected chi connectivity index (χ1v) is 9.14. The second-order valence-corrected chi connectivity index (χ2v) is 7.84. The molecule has 1 saturated heterocycles. The predicted octanol–water partition coefficient (Wildman–Crippen LogP) is 1.78. The molecule has 0 aliphatic carbocycles. The van der Waals surface area contributed by atoms with Crippen molar-refractivity contribution in [1.29, 1.82) is 0 Å². The zero-order valence-electron chi connectivity index (χ0n) is 16.1. The van der Waals surface area contributed by atoms with Gasteiger partial charge >= 0.3 is 5.97 Å². The maximum atomic E-state index is 12.2. The van der Waals surface area contributed by atoms with Gasteiger partial charge in [-0.05, 0) is 19.4 Å². The molecule has 2 rings (SSSR count). The molecule has 2 N–H and O–H groups in total. The smallest absolute Gasteiger partial charge is 0.317 e. The summed E-state index contributed by atoms with van der Waals surface area (Å²) in [4.78, 5) is 27.2. The standard InChI is InChI=1S/C18H30N4O4/c1-5-22(12-17(24)25)13-6-8-21(9-7-13)11-15(23)19-16-10-14(20-26-16)18(2,3)4/h10,13H,5-9,11-12H2,1-4H3,(H,19,23)(H,24,25). The summed E-state index contributed by atoms with van der Waals surface area (Å²) >= 11 is 0. The van der Waals surface area contributed by atoms with Crippen LogP contribution in [0.15, 0.2) is 10.6 Å². The van der Waals surface area contributed by atoms with Crippen LogP contribution in [0.5, 0.6) is 0 Å². The van der Waals surface area contributed by atoms with Crippen molar-refractivity contribution in [3.63, 3.8) is 0 Å². The van der Waals surface area contributed by atoms with Gasteiger partial charge in [0, 0.05) is 30.6 Å². The van der Waals surface area contributed by atoms with Crippen LogP contribution in [0.25, 0.3) is 0 Å². The van der Waals surface area contributed by atoms with Crippen LogP contribution < -0.4 is 5.32 Å². The van der Waals surface area contributed by atoms with Crippen LogP contribution in [-0.4, -0.2) is 70.7 Å². The normalized spacial score (nSPS) is 16.8. The minimum Gasteiger partial charge on any atom is -0.480 e. The van der Waals surface area contributed by atoms with Crippen LogP contribution >= 0.6 is 0 Å². The average molecular weight is 366 g/mol. The molecule has 1 fully saturated rings. The van der Waals surface area contributed by atoms with E-state index in [1.807, 2.05) is 32.6 Å². The van der Waals surface area contributed by atoms with Gasteiger partial charge in [-0.1, -0.05) is 32.9 Å². The number of carboxylic acids is 1. The van der Waals surface area contributed by atoms with E-state index in [2.05, 4.69) is 15.4 Å². The molecule has 1 amide bonds. The minimum atomic E-state index is -0.796. The Balaban J connectivity index is 1.79. The number of carbonyl (C=O) groups is 2. The summed E-state index contributed by atoms with van der Waals surface area (Å²) in [6.07, 6.45) is 1.73. The molecule has 146 valence electrons. The lowest BCUT2D eigenvalue weighted by atomic mass is 9.92. The molecule has 1 aliphatic heterocycles. The van der Waals surface area contributed by atoms with Gasteiger partial charge in [0.2, 0.25) is 11.8 Å². The maximum absolute atomic E-state index is 12.2. The van der Waals surface area contributed by atoms with Gasteiger partial charge in [0.15, 0.2) is 0 Å². The van der Waals surface area contributed by atoms with Crippen LogP contribution in [-0.2, 0) is 15.0 Å². The van der Waals surface area contributed by atoms with E-state index in [0.717, 1.165) is 38.2 Å². The van der Waals surface area contributed by atoms with Crippen molar-refractivity contribution in [2.45, 2.75) is 52.0 Å². The number of nitrogens with one attached hydrogen (secondary N) is 1. The van der Waals surface area contributed by atoms with Crippen LogP contribution in [0, 0.1) is 0 Å². The van der Waals surface area contributed by atoms with Crippen molar-refractivity contribution in [3.8, 4) is 0 Å². The highest BCUT2D eigenvalue weighted by Crippen LogP contribution is 2.23. The number of likely N-dealkylation sites (N-methyl/N-ethyl adjacent to an activating group) is 1. The molecule has 0 atom stereocenters. The Morgan fingerprint density at radius 1 is 1.38 bits per heavy atom. The molecule has 0 aromatic carbocycles. The van der Waals surface area contributed by atoms with Gasteiger partial charge in [-0.2, -0.15) is 0 Å². The highest BCUT2D eigenvalue weighted by Gasteiger charge is 2.26. The molecule has 1 aliphatic rings. The summed E-state index contributed by atoms with van der Waals surface area (Å²) < 4.78 is 5.19. The topological polar surface area (TPSA) is 98.9 Å². The van der Waals surface area contributed by atoms with E-state index in [4.69, 9.17) is 9.63 Å². The molecule has 26 heavy (non-hydrogen) atoms. The number of hydrogen-bond acceptors (Lipinski definition) is 6. The van der Waals surface area contributed by atoms with E-state index < -0.39 is 5.97 Å². The lowest BCUT2D eigenvalue weighted by molar-refractivity contribution is -0.139. The van der Waals surface area contributed by atoms with Crippen molar-refractivity contribution in [3.05, 3.63) is 11.8 Å². The van der Waals surface area contributed by atoms with Crippen LogP contribution in [0.1, 0.15) is 46.2 Å². The van der Waals surface area contributed by atoms with E-state index in [1.54, 1.807) is 6.07 Å². The number of likely N-dealkylation sites (tertiary alicyclic amines) is 1. The first-order chi connectivity index (χ1) is 12.2. The molecule has 0 saturated carbocycles. The van der Waals surface area contributed by atoms with E-state index in [9.17, 15) is 9.59 Å². The Kier molecular flexibility index (Phi) is 6.77. The highest BCUT2D eigenvalue weighted by molar-refractivity contribution is 5.91. The molecule has 0 spiro atoms. The predicted molar refractivity (Wildman–Crippen MR) is 98.2 cm³/mol. The third-order valence-corrected chi connectivity index (χ3v) is 4.73. The highest BCUT2D eigenvalue weighted by atomic mass is 16.5. The summed E-state index contributed by atoms with van der Waals surface area (Å²) in [7, 11) is 0. The molecule has 1 aromatic rings. The molecule has 8 nitrogen and oxygen atoms in total. The Hall–Kier alpha value is -1.93. The molecular formula is C18H30N4O4. The number of nitrogens with zero attached hydrogens (tertiary/aromatic N) is 3. The van der Waals surface area contributed by atoms with Crippen molar-refractivity contribution < 1.29 is 19.2 Å². The second-order valence-electron chi connectivity index (χ2n) is 7.84. The third-order valence-electron chi connectivity index (χ3n) is 4.73. The minimum absolute atomic E-state index is 0.0727. The number of aliphatic carboxylic acids is 1. The Labute approximate surface area is 154 Å². The summed E-state index contributed by atoms with van der Waals surface area (Å²) in [5, 5.41) is 15.7. The molecule has 0 radical (unpaired) electrons. The fraction of sp³-hybridized carbons (Fsp3) is 0.722. The van der Waals surface area contributed by atoms with E-state index in [-0.39, 0.29) is 23.9 Å². The van der Waals surface area contributed by atoms with Crippen LogP contribution in [0.2, 0.25) is 0 Å². The van der Waals surface area contributed by atoms with Crippen molar-refractivity contribution in [2.24, 2.45) is 0 Å². The summed E-state index contributed by atoms with van der Waals surface area (Å²) in [6, 6.07) is 2.02. The first kappa shape index (κ1) is 20.4. The molecule has 0 bridgehead atoms. The van der Waals surface area contributed by atoms with E-state index in [1.165, 1.54) is 0 Å². The zero-order valence-corrected chi connectivity index (χ0v) is 16.1. The van der Waals surface area contributed by atoms with Gasteiger partial charge in [-0.25, -0.2) is 0 Å². The number of carboxylic acid groups (broad SMARTS) is 1. The van der Waals surface area contributed by atoms with E-state index in [0.29, 0.717) is 12.4 Å². The van der Waals surface area contributed by atoms with Gasteiger partial charge in [-0.3, -0.25) is 24.7 Å². The SMILES string of the molecule is CCN(CC(=O)O)C1CCN(CC(=O)Nc2cc(C(C)(C)C)no2)CC1. The molecular weight excluding hydrogens is 336 g/mol. The molecule has 0 unspecified atom stereocenters. The lowest BCUT2D eigenvalue weighted by Gasteiger charge is -2.37. The Morgan fingerprint density at radius 2 is 2.04 bits per heavy atom. The summed E-state index contributed by atoms with van der Waals surface area (Å²) in [6.45, 7) is 10.7. The first-order valence-electron chi connectivity index (χ1n) is 9.14. The Bertz CT molecular complexity index is 615. The van der Waals surface area contributed by atoms with Crippen molar-refractivity contribution >= 4 is 17.8 Å². The monoisotopic (exact) mass is 366 g/mol. The third kappa shape index (κ3) is 5.81. The van der Waals surface area contributed by atoms with Gasteiger partial charge in [-0.15, -0.1) is 0 Å². The zero-order chi connectivity index (χ0) is 19.3. The van der Waals surface area contributed by atoms with Gasteiger partial charge in [0.1, 0.15) is 0 Å².